The Kier molecular flexibility index (Phi) is 5.63. The van der Waals surface area contributed by atoms with Crippen LogP contribution in [0, 0.1) is 31.4 Å². The van der Waals surface area contributed by atoms with Gasteiger partial charge in [-0.25, -0.2) is 8.78 Å². The van der Waals surface area contributed by atoms with Crippen LogP contribution in [0.5, 0.6) is 0 Å². The lowest BCUT2D eigenvalue weighted by Crippen LogP contribution is -2.34. The highest BCUT2D eigenvalue weighted by Crippen LogP contribution is 2.30. The van der Waals surface area contributed by atoms with Gasteiger partial charge in [-0.1, -0.05) is 19.9 Å². The fraction of sp³-hybridized carbons (Fsp3) is 0.524. The first-order chi connectivity index (χ1) is 12.8. The molecule has 1 heterocycles. The van der Waals surface area contributed by atoms with Gasteiger partial charge in [-0.2, -0.15) is 5.10 Å². The van der Waals surface area contributed by atoms with Gasteiger partial charge < -0.3 is 4.90 Å². The molecule has 1 aliphatic carbocycles. The number of hydrogen-bond donors (Lipinski definition) is 0. The Morgan fingerprint density at radius 3 is 2.59 bits per heavy atom. The molecule has 0 aliphatic heterocycles. The third kappa shape index (κ3) is 4.54. The number of hydrogen-bond acceptors (Lipinski definition) is 2. The Labute approximate surface area is 159 Å². The summed E-state index contributed by atoms with van der Waals surface area (Å²) < 4.78 is 29.2. The summed E-state index contributed by atoms with van der Waals surface area (Å²) in [6.07, 6.45) is 2.12. The van der Waals surface area contributed by atoms with E-state index in [1.165, 1.54) is 12.1 Å². The molecule has 3 rings (SSSR count). The van der Waals surface area contributed by atoms with Crippen LogP contribution in [-0.4, -0.2) is 26.6 Å². The van der Waals surface area contributed by atoms with Gasteiger partial charge in [-0.3, -0.25) is 9.48 Å². The number of carbonyl (C=O) groups is 1. The van der Waals surface area contributed by atoms with Crippen molar-refractivity contribution in [1.29, 1.82) is 0 Å². The van der Waals surface area contributed by atoms with Crippen LogP contribution in [0.25, 0.3) is 0 Å². The maximum absolute atomic E-state index is 14.0. The van der Waals surface area contributed by atoms with Gasteiger partial charge in [0, 0.05) is 42.0 Å². The summed E-state index contributed by atoms with van der Waals surface area (Å²) in [5, 5.41) is 4.58. The highest BCUT2D eigenvalue weighted by atomic mass is 19.1. The quantitative estimate of drug-likeness (QED) is 0.729. The molecule has 1 fully saturated rings. The molecule has 0 bridgehead atoms. The van der Waals surface area contributed by atoms with Crippen molar-refractivity contribution in [3.05, 3.63) is 52.3 Å². The molecule has 0 spiro atoms. The minimum absolute atomic E-state index is 0.0310. The van der Waals surface area contributed by atoms with Gasteiger partial charge in [-0.15, -0.1) is 0 Å². The van der Waals surface area contributed by atoms with E-state index < -0.39 is 11.6 Å². The summed E-state index contributed by atoms with van der Waals surface area (Å²) in [7, 11) is 0. The van der Waals surface area contributed by atoms with Crippen molar-refractivity contribution in [2.45, 2.75) is 66.1 Å². The van der Waals surface area contributed by atoms with Crippen LogP contribution in [-0.2, 0) is 24.3 Å². The summed E-state index contributed by atoms with van der Waals surface area (Å²) in [4.78, 5) is 14.7. The van der Waals surface area contributed by atoms with Crippen LogP contribution in [0.3, 0.4) is 0 Å². The predicted octanol–water partition coefficient (Wildman–Crippen LogP) is 4.17. The average molecular weight is 375 g/mol. The second-order valence-electron chi connectivity index (χ2n) is 7.89. The van der Waals surface area contributed by atoms with E-state index >= 15 is 0 Å². The maximum atomic E-state index is 14.0. The zero-order chi connectivity index (χ0) is 19.7. The molecular weight excluding hydrogens is 348 g/mol. The monoisotopic (exact) mass is 375 g/mol. The first kappa shape index (κ1) is 19.5. The minimum Gasteiger partial charge on any atom is -0.335 e. The molecule has 0 saturated heterocycles. The van der Waals surface area contributed by atoms with Crippen LogP contribution >= 0.6 is 0 Å². The standard InChI is InChI=1S/C21H27F2N3O/c1-13(2)11-26-15(4)19(14(3)24-26)10-21(27)25(18-7-8-18)12-16-5-6-17(22)9-20(16)23/h5-6,9,13,18H,7-8,10-12H2,1-4H3. The highest BCUT2D eigenvalue weighted by molar-refractivity contribution is 5.80. The lowest BCUT2D eigenvalue weighted by atomic mass is 10.1. The molecule has 146 valence electrons. The fourth-order valence-electron chi connectivity index (χ4n) is 3.41. The molecule has 2 aromatic rings. The van der Waals surface area contributed by atoms with Gasteiger partial charge in [0.15, 0.2) is 0 Å². The number of rotatable bonds is 7. The molecule has 1 saturated carbocycles. The molecule has 0 N–H and O–H groups in total. The zero-order valence-corrected chi connectivity index (χ0v) is 16.4. The normalized spacial score (nSPS) is 14.0. The van der Waals surface area contributed by atoms with E-state index in [-0.39, 0.29) is 24.9 Å². The Morgan fingerprint density at radius 2 is 2.00 bits per heavy atom. The number of nitrogens with zero attached hydrogens (tertiary/aromatic N) is 3. The van der Waals surface area contributed by atoms with Crippen molar-refractivity contribution in [2.24, 2.45) is 5.92 Å². The summed E-state index contributed by atoms with van der Waals surface area (Å²) in [6.45, 7) is 9.17. The van der Waals surface area contributed by atoms with Gasteiger partial charge in [0.05, 0.1) is 12.1 Å². The minimum atomic E-state index is -0.607. The number of benzene rings is 1. The first-order valence-electron chi connectivity index (χ1n) is 9.52. The zero-order valence-electron chi connectivity index (χ0n) is 16.4. The van der Waals surface area contributed by atoms with Crippen LogP contribution in [0.1, 0.15) is 49.2 Å². The van der Waals surface area contributed by atoms with E-state index in [0.29, 0.717) is 11.5 Å². The summed E-state index contributed by atoms with van der Waals surface area (Å²) in [5.41, 5.74) is 3.18. The molecule has 1 amide bonds. The van der Waals surface area contributed by atoms with E-state index in [0.717, 1.165) is 42.4 Å². The summed E-state index contributed by atoms with van der Waals surface area (Å²) in [6, 6.07) is 3.67. The van der Waals surface area contributed by atoms with E-state index in [1.807, 2.05) is 18.5 Å². The highest BCUT2D eigenvalue weighted by Gasteiger charge is 2.33. The van der Waals surface area contributed by atoms with Gasteiger partial charge in [0.2, 0.25) is 5.91 Å². The lowest BCUT2D eigenvalue weighted by Gasteiger charge is -2.23. The summed E-state index contributed by atoms with van der Waals surface area (Å²) in [5.74, 6) is -0.776. The van der Waals surface area contributed by atoms with E-state index in [4.69, 9.17) is 0 Å². The van der Waals surface area contributed by atoms with Crippen LogP contribution in [0.2, 0.25) is 0 Å². The SMILES string of the molecule is Cc1nn(CC(C)C)c(C)c1CC(=O)N(Cc1ccc(F)cc1F)C1CC1. The Balaban J connectivity index is 1.77. The molecule has 0 unspecified atom stereocenters. The topological polar surface area (TPSA) is 38.1 Å². The number of aryl methyl sites for hydroxylation is 1. The van der Waals surface area contributed by atoms with Crippen molar-refractivity contribution >= 4 is 5.91 Å². The van der Waals surface area contributed by atoms with Crippen LogP contribution in [0.4, 0.5) is 8.78 Å². The van der Waals surface area contributed by atoms with E-state index in [2.05, 4.69) is 18.9 Å². The molecule has 27 heavy (non-hydrogen) atoms. The molecule has 4 nitrogen and oxygen atoms in total. The number of amides is 1. The molecule has 1 aromatic carbocycles. The average Bonchev–Trinajstić information content (AvgIpc) is 3.38. The summed E-state index contributed by atoms with van der Waals surface area (Å²) >= 11 is 0. The lowest BCUT2D eigenvalue weighted by molar-refractivity contribution is -0.131. The molecule has 0 atom stereocenters. The fourth-order valence-corrected chi connectivity index (χ4v) is 3.41. The molecule has 6 heteroatoms. The third-order valence-corrected chi connectivity index (χ3v) is 5.06. The predicted molar refractivity (Wildman–Crippen MR) is 100 cm³/mol. The number of carbonyl (C=O) groups excluding carboxylic acids is 1. The third-order valence-electron chi connectivity index (χ3n) is 5.06. The number of halogens is 2. The van der Waals surface area contributed by atoms with Crippen molar-refractivity contribution in [3.63, 3.8) is 0 Å². The van der Waals surface area contributed by atoms with E-state index in [1.54, 1.807) is 4.90 Å². The molecule has 1 aromatic heterocycles. The maximum Gasteiger partial charge on any atom is 0.227 e. The number of aromatic nitrogens is 2. The van der Waals surface area contributed by atoms with Gasteiger partial charge in [-0.05, 0) is 38.7 Å². The van der Waals surface area contributed by atoms with Crippen molar-refractivity contribution in [1.82, 2.24) is 14.7 Å². The largest absolute Gasteiger partial charge is 0.335 e. The molecule has 1 aliphatic rings. The Bertz CT molecular complexity index is 840. The molecule has 0 radical (unpaired) electrons. The smallest absolute Gasteiger partial charge is 0.227 e. The van der Waals surface area contributed by atoms with Crippen molar-refractivity contribution in [2.75, 3.05) is 0 Å². The van der Waals surface area contributed by atoms with Gasteiger partial charge >= 0.3 is 0 Å². The van der Waals surface area contributed by atoms with Crippen molar-refractivity contribution < 1.29 is 13.6 Å². The second-order valence-corrected chi connectivity index (χ2v) is 7.89. The van der Waals surface area contributed by atoms with E-state index in [9.17, 15) is 13.6 Å². The Hall–Kier alpha value is -2.24. The van der Waals surface area contributed by atoms with Crippen LogP contribution < -0.4 is 0 Å². The Morgan fingerprint density at radius 1 is 1.30 bits per heavy atom. The second kappa shape index (κ2) is 7.79. The van der Waals surface area contributed by atoms with Gasteiger partial charge in [0.1, 0.15) is 11.6 Å². The van der Waals surface area contributed by atoms with Crippen molar-refractivity contribution in [3.8, 4) is 0 Å². The van der Waals surface area contributed by atoms with Crippen LogP contribution in [0.15, 0.2) is 18.2 Å². The first-order valence-corrected chi connectivity index (χ1v) is 9.52. The van der Waals surface area contributed by atoms with Gasteiger partial charge in [0.25, 0.3) is 0 Å². The molecular formula is C21H27F2N3O.